The number of anilines is 1. The van der Waals surface area contributed by atoms with Crippen molar-refractivity contribution >= 4 is 11.6 Å². The standard InChI is InChI=1S/C15H19FN2O2/c1-11(10-20-2)8-15(19)18-14-6-5-13(16)9-12(14)4-3-7-17/h5-6,9,11H,7-8,10,17H2,1-2H3,(H,18,19). The molecule has 0 aliphatic carbocycles. The molecule has 0 aliphatic rings. The van der Waals surface area contributed by atoms with Gasteiger partial charge in [-0.2, -0.15) is 0 Å². The third-order valence-electron chi connectivity index (χ3n) is 2.57. The van der Waals surface area contributed by atoms with Crippen LogP contribution in [0.1, 0.15) is 18.9 Å². The lowest BCUT2D eigenvalue weighted by Crippen LogP contribution is -2.18. The molecule has 1 unspecified atom stereocenters. The van der Waals surface area contributed by atoms with Crippen LogP contribution in [-0.4, -0.2) is 26.2 Å². The van der Waals surface area contributed by atoms with Crippen molar-refractivity contribution in [1.82, 2.24) is 0 Å². The smallest absolute Gasteiger partial charge is 0.224 e. The van der Waals surface area contributed by atoms with E-state index in [9.17, 15) is 9.18 Å². The summed E-state index contributed by atoms with van der Waals surface area (Å²) >= 11 is 0. The van der Waals surface area contributed by atoms with Gasteiger partial charge in [0.05, 0.1) is 17.8 Å². The number of ether oxygens (including phenoxy) is 1. The molecular weight excluding hydrogens is 259 g/mol. The van der Waals surface area contributed by atoms with Gasteiger partial charge < -0.3 is 15.8 Å². The van der Waals surface area contributed by atoms with Crippen molar-refractivity contribution in [3.05, 3.63) is 29.6 Å². The molecule has 0 heterocycles. The van der Waals surface area contributed by atoms with Crippen molar-refractivity contribution in [3.63, 3.8) is 0 Å². The molecule has 1 atom stereocenters. The van der Waals surface area contributed by atoms with E-state index in [1.807, 2.05) is 6.92 Å². The summed E-state index contributed by atoms with van der Waals surface area (Å²) in [7, 11) is 1.59. The highest BCUT2D eigenvalue weighted by atomic mass is 19.1. The molecule has 0 fully saturated rings. The number of nitrogens with two attached hydrogens (primary N) is 1. The highest BCUT2D eigenvalue weighted by molar-refractivity contribution is 5.92. The van der Waals surface area contributed by atoms with Gasteiger partial charge in [0.2, 0.25) is 5.91 Å². The zero-order valence-electron chi connectivity index (χ0n) is 11.7. The van der Waals surface area contributed by atoms with Crippen LogP contribution in [0.5, 0.6) is 0 Å². The molecule has 1 amide bonds. The minimum absolute atomic E-state index is 0.110. The van der Waals surface area contributed by atoms with Crippen LogP contribution in [0.4, 0.5) is 10.1 Å². The number of nitrogens with one attached hydrogen (secondary N) is 1. The summed E-state index contributed by atoms with van der Waals surface area (Å²) in [5.41, 5.74) is 6.20. The maximum absolute atomic E-state index is 13.2. The van der Waals surface area contributed by atoms with Crippen LogP contribution >= 0.6 is 0 Å². The van der Waals surface area contributed by atoms with Gasteiger partial charge in [0.25, 0.3) is 0 Å². The molecule has 3 N–H and O–H groups in total. The lowest BCUT2D eigenvalue weighted by Gasteiger charge is -2.11. The third kappa shape index (κ3) is 5.39. The van der Waals surface area contributed by atoms with Gasteiger partial charge in [0, 0.05) is 20.1 Å². The molecule has 5 heteroatoms. The lowest BCUT2D eigenvalue weighted by molar-refractivity contribution is -0.117. The van der Waals surface area contributed by atoms with Gasteiger partial charge in [-0.15, -0.1) is 0 Å². The van der Waals surface area contributed by atoms with E-state index in [0.717, 1.165) is 0 Å². The van der Waals surface area contributed by atoms with Gasteiger partial charge in [-0.3, -0.25) is 4.79 Å². The molecule has 1 rings (SSSR count). The number of hydrogen-bond acceptors (Lipinski definition) is 3. The highest BCUT2D eigenvalue weighted by Crippen LogP contribution is 2.17. The van der Waals surface area contributed by atoms with Crippen LogP contribution in [0, 0.1) is 23.6 Å². The number of hydrogen-bond donors (Lipinski definition) is 2. The predicted octanol–water partition coefficient (Wildman–Crippen LogP) is 1.75. The van der Waals surface area contributed by atoms with E-state index in [-0.39, 0.29) is 18.4 Å². The fraction of sp³-hybridized carbons (Fsp3) is 0.400. The van der Waals surface area contributed by atoms with E-state index >= 15 is 0 Å². The van der Waals surface area contributed by atoms with Gasteiger partial charge in [-0.25, -0.2) is 4.39 Å². The Labute approximate surface area is 118 Å². The van der Waals surface area contributed by atoms with Crippen LogP contribution < -0.4 is 11.1 Å². The second-order valence-corrected chi connectivity index (χ2v) is 4.51. The van der Waals surface area contributed by atoms with Gasteiger partial charge in [-0.05, 0) is 24.1 Å². The Morgan fingerprint density at radius 2 is 2.30 bits per heavy atom. The zero-order valence-corrected chi connectivity index (χ0v) is 11.7. The summed E-state index contributed by atoms with van der Waals surface area (Å²) in [6, 6.07) is 4.05. The first kappa shape index (κ1) is 16.2. The number of amides is 1. The Morgan fingerprint density at radius 3 is 2.95 bits per heavy atom. The SMILES string of the molecule is COCC(C)CC(=O)Nc1ccc(F)cc1C#CCN. The molecular formula is C15H19FN2O2. The number of carbonyl (C=O) groups excluding carboxylic acids is 1. The van der Waals surface area contributed by atoms with E-state index in [1.165, 1.54) is 18.2 Å². The summed E-state index contributed by atoms with van der Waals surface area (Å²) in [6.45, 7) is 2.61. The molecule has 0 aromatic heterocycles. The normalized spacial score (nSPS) is 11.4. The summed E-state index contributed by atoms with van der Waals surface area (Å²) in [4.78, 5) is 11.9. The van der Waals surface area contributed by atoms with Gasteiger partial charge in [0.15, 0.2) is 0 Å². The number of methoxy groups -OCH3 is 1. The first-order chi connectivity index (χ1) is 9.56. The Hall–Kier alpha value is -1.90. The largest absolute Gasteiger partial charge is 0.384 e. The first-order valence-electron chi connectivity index (χ1n) is 6.34. The van der Waals surface area contributed by atoms with Crippen molar-refractivity contribution in [1.29, 1.82) is 0 Å². The van der Waals surface area contributed by atoms with Crippen molar-refractivity contribution in [3.8, 4) is 11.8 Å². The Balaban J connectivity index is 2.78. The molecule has 1 aromatic rings. The second kappa shape index (κ2) is 8.31. The Kier molecular flexibility index (Phi) is 6.71. The van der Waals surface area contributed by atoms with Crippen LogP contribution in [0.25, 0.3) is 0 Å². The monoisotopic (exact) mass is 278 g/mol. The minimum Gasteiger partial charge on any atom is -0.384 e. The number of carbonyl (C=O) groups is 1. The molecule has 0 spiro atoms. The van der Waals surface area contributed by atoms with E-state index in [4.69, 9.17) is 10.5 Å². The summed E-state index contributed by atoms with van der Waals surface area (Å²) in [6.07, 6.45) is 0.328. The predicted molar refractivity (Wildman–Crippen MR) is 76.6 cm³/mol. The van der Waals surface area contributed by atoms with Crippen molar-refractivity contribution in [2.75, 3.05) is 25.6 Å². The van der Waals surface area contributed by atoms with Crippen molar-refractivity contribution in [2.45, 2.75) is 13.3 Å². The molecule has 0 radical (unpaired) electrons. The van der Waals surface area contributed by atoms with Crippen molar-refractivity contribution in [2.24, 2.45) is 11.7 Å². The van der Waals surface area contributed by atoms with Crippen LogP contribution in [-0.2, 0) is 9.53 Å². The molecule has 0 saturated heterocycles. The summed E-state index contributed by atoms with van der Waals surface area (Å²) < 4.78 is 18.2. The molecule has 0 aliphatic heterocycles. The van der Waals surface area contributed by atoms with E-state index in [2.05, 4.69) is 17.2 Å². The van der Waals surface area contributed by atoms with E-state index in [0.29, 0.717) is 24.3 Å². The zero-order chi connectivity index (χ0) is 15.0. The van der Waals surface area contributed by atoms with Crippen LogP contribution in [0.3, 0.4) is 0 Å². The van der Waals surface area contributed by atoms with Crippen molar-refractivity contribution < 1.29 is 13.9 Å². The molecule has 20 heavy (non-hydrogen) atoms. The molecule has 1 aromatic carbocycles. The molecule has 108 valence electrons. The molecule has 0 bridgehead atoms. The fourth-order valence-electron chi connectivity index (χ4n) is 1.74. The third-order valence-corrected chi connectivity index (χ3v) is 2.57. The maximum Gasteiger partial charge on any atom is 0.224 e. The van der Waals surface area contributed by atoms with Crippen LogP contribution in [0.2, 0.25) is 0 Å². The van der Waals surface area contributed by atoms with Gasteiger partial charge >= 0.3 is 0 Å². The summed E-state index contributed by atoms with van der Waals surface area (Å²) in [5, 5.41) is 2.73. The van der Waals surface area contributed by atoms with E-state index < -0.39 is 5.82 Å². The Bertz CT molecular complexity index is 520. The van der Waals surface area contributed by atoms with E-state index in [1.54, 1.807) is 7.11 Å². The summed E-state index contributed by atoms with van der Waals surface area (Å²) in [5.74, 6) is 4.94. The first-order valence-corrected chi connectivity index (χ1v) is 6.34. The number of halogens is 1. The molecule has 4 nitrogen and oxygen atoms in total. The Morgan fingerprint density at radius 1 is 1.55 bits per heavy atom. The topological polar surface area (TPSA) is 64.3 Å². The average molecular weight is 278 g/mol. The quantitative estimate of drug-likeness (QED) is 0.806. The van der Waals surface area contributed by atoms with Gasteiger partial charge in [-0.1, -0.05) is 18.8 Å². The maximum atomic E-state index is 13.2. The minimum atomic E-state index is -0.405. The number of rotatable bonds is 5. The van der Waals surface area contributed by atoms with Crippen LogP contribution in [0.15, 0.2) is 18.2 Å². The average Bonchev–Trinajstić information content (AvgIpc) is 2.39. The van der Waals surface area contributed by atoms with Gasteiger partial charge in [0.1, 0.15) is 5.82 Å². The fourth-order valence-corrected chi connectivity index (χ4v) is 1.74. The second-order valence-electron chi connectivity index (χ2n) is 4.51. The highest BCUT2D eigenvalue weighted by Gasteiger charge is 2.11. The number of benzene rings is 1. The molecule has 0 saturated carbocycles. The lowest BCUT2D eigenvalue weighted by atomic mass is 10.1.